The molecule has 0 saturated carbocycles. The molecule has 6 aromatic carbocycles. The van der Waals surface area contributed by atoms with Crippen LogP contribution in [0.3, 0.4) is 0 Å². The van der Waals surface area contributed by atoms with Crippen LogP contribution in [0.15, 0.2) is 109 Å². The van der Waals surface area contributed by atoms with Crippen molar-refractivity contribution in [1.82, 2.24) is 4.90 Å². The summed E-state index contributed by atoms with van der Waals surface area (Å²) in [6.07, 6.45) is 0. The van der Waals surface area contributed by atoms with E-state index in [1.165, 1.54) is 33.4 Å². The maximum Gasteiger partial charge on any atom is 0.463 e. The number of rotatable bonds is 24. The van der Waals surface area contributed by atoms with E-state index >= 15 is 0 Å². The molecule has 0 bridgehead atoms. The molecule has 0 saturated heterocycles. The third-order valence-corrected chi connectivity index (χ3v) is 22.0. The SMILES string of the molecule is CC(C)(C)c1ccc(OP(OCCN(CCOP(Oc2ccc(C(C)(C)C)cc2C(C)(C)C)Oc2ccc(C(C)(C)C)cc2C(C)(C)C)CCOP(Oc2ccc(C(C)(C)C)cc2C(C)(C)C)Oc2ccc(C(C)(C)C)cc2C(C)(C)C)Oc2ccc(C(C)(C)C)cc2C(C)(C)C)c(C(C)(C)C)c1. The first-order valence-corrected chi connectivity index (χ1v) is 40.9. The summed E-state index contributed by atoms with van der Waals surface area (Å²) in [7, 11) is -6.18. The molecule has 0 aromatic heterocycles. The molecule has 6 rings (SSSR count). The third-order valence-electron chi connectivity index (χ3n) is 18.8. The predicted octanol–water partition coefficient (Wildman–Crippen LogP) is 27.1. The quantitative estimate of drug-likeness (QED) is 0.0546. The lowest BCUT2D eigenvalue weighted by atomic mass is 9.80. The van der Waals surface area contributed by atoms with Gasteiger partial charge in [-0.1, -0.05) is 322 Å². The fourth-order valence-corrected chi connectivity index (χ4v) is 14.8. The molecule has 13 heteroatoms. The average molecular weight is 1470 g/mol. The smallest absolute Gasteiger partial charge is 0.417 e. The Hall–Kier alpha value is -4.75. The van der Waals surface area contributed by atoms with Gasteiger partial charge in [-0.05, 0) is 135 Å². The van der Waals surface area contributed by atoms with Crippen molar-refractivity contribution in [1.29, 1.82) is 0 Å². The van der Waals surface area contributed by atoms with Crippen LogP contribution in [0.25, 0.3) is 0 Å². The van der Waals surface area contributed by atoms with E-state index in [9.17, 15) is 0 Å². The van der Waals surface area contributed by atoms with E-state index in [0.717, 1.165) is 67.9 Å². The summed E-state index contributed by atoms with van der Waals surface area (Å²) < 4.78 is 64.3. The molecule has 0 fully saturated rings. The maximum absolute atomic E-state index is 7.17. The van der Waals surface area contributed by atoms with Crippen molar-refractivity contribution in [3.05, 3.63) is 176 Å². The monoisotopic (exact) mass is 1470 g/mol. The van der Waals surface area contributed by atoms with Gasteiger partial charge in [-0.3, -0.25) is 18.5 Å². The van der Waals surface area contributed by atoms with Crippen molar-refractivity contribution in [2.24, 2.45) is 0 Å². The summed E-state index contributed by atoms with van der Waals surface area (Å²) in [5.74, 6) is 4.37. The van der Waals surface area contributed by atoms with Crippen LogP contribution in [-0.4, -0.2) is 44.4 Å². The molecular formula is C90H138NO9P3. The second kappa shape index (κ2) is 32.6. The molecule has 10 nitrogen and oxygen atoms in total. The van der Waals surface area contributed by atoms with Gasteiger partial charge in [0.1, 0.15) is 34.5 Å². The minimum Gasteiger partial charge on any atom is -0.417 e. The van der Waals surface area contributed by atoms with Gasteiger partial charge in [-0.15, -0.1) is 0 Å². The maximum atomic E-state index is 7.17. The van der Waals surface area contributed by atoms with Gasteiger partial charge in [0.15, 0.2) is 0 Å². The van der Waals surface area contributed by atoms with Crippen molar-refractivity contribution in [3.63, 3.8) is 0 Å². The lowest BCUT2D eigenvalue weighted by molar-refractivity contribution is 0.142. The zero-order valence-electron chi connectivity index (χ0n) is 71.1. The second-order valence-electron chi connectivity index (χ2n) is 40.8. The molecule has 572 valence electrons. The van der Waals surface area contributed by atoms with Gasteiger partial charge in [0.2, 0.25) is 0 Å². The summed E-state index contributed by atoms with van der Waals surface area (Å²) >= 11 is 0. The minimum atomic E-state index is -2.06. The van der Waals surface area contributed by atoms with E-state index in [1.807, 2.05) is 0 Å². The summed E-state index contributed by atoms with van der Waals surface area (Å²) in [4.78, 5) is 2.31. The van der Waals surface area contributed by atoms with Crippen LogP contribution in [0.1, 0.15) is 316 Å². The normalized spacial score (nSPS) is 13.7. The Morgan fingerprint density at radius 2 is 0.340 bits per heavy atom. The molecule has 0 N–H and O–H groups in total. The largest absolute Gasteiger partial charge is 0.463 e. The molecule has 0 unspecified atom stereocenters. The van der Waals surface area contributed by atoms with E-state index in [-0.39, 0.29) is 84.8 Å². The van der Waals surface area contributed by atoms with E-state index in [1.54, 1.807) is 0 Å². The van der Waals surface area contributed by atoms with Crippen LogP contribution in [0.5, 0.6) is 34.5 Å². The summed E-state index contributed by atoms with van der Waals surface area (Å²) in [6.45, 7) is 82.7. The lowest BCUT2D eigenvalue weighted by Gasteiger charge is -2.31. The summed E-state index contributed by atoms with van der Waals surface area (Å²) in [6, 6.07) is 39.4. The Morgan fingerprint density at radius 3 is 0.456 bits per heavy atom. The molecule has 103 heavy (non-hydrogen) atoms. The minimum absolute atomic E-state index is 0.0807. The van der Waals surface area contributed by atoms with Gasteiger partial charge in [0.25, 0.3) is 0 Å². The van der Waals surface area contributed by atoms with Crippen LogP contribution in [-0.2, 0) is 78.6 Å². The van der Waals surface area contributed by atoms with Gasteiger partial charge < -0.3 is 27.1 Å². The Labute approximate surface area is 631 Å². The van der Waals surface area contributed by atoms with Gasteiger partial charge >= 0.3 is 25.8 Å². The Bertz CT molecular complexity index is 3160. The van der Waals surface area contributed by atoms with E-state index in [2.05, 4.69) is 363 Å². The highest BCUT2D eigenvalue weighted by Gasteiger charge is 2.36. The Balaban J connectivity index is 1.49. The zero-order valence-corrected chi connectivity index (χ0v) is 73.8. The molecule has 0 aliphatic rings. The standard InChI is InChI=1S/C90H138NO9P3/c1-79(2,3)61-37-43-73(67(55-61)85(19,20)21)95-101(96-74-44-38-62(80(4,5)6)56-68(74)86(22,23)24)92-52-49-91(50-53-93-102(97-75-45-39-63(81(7,8)9)57-69(75)87(25,26)27)98-76-46-40-64(82(10,11)12)58-70(76)88(28,29)30)51-54-94-103(99-77-47-41-65(83(13,14)15)59-71(77)89(31,32)33)100-78-48-42-66(84(16,17)18)60-72(78)90(34,35)36/h37-48,55-60H,49-54H2,1-36H3. The van der Waals surface area contributed by atoms with E-state index in [4.69, 9.17) is 40.7 Å². The fourth-order valence-electron chi connectivity index (χ4n) is 11.7. The first-order chi connectivity index (χ1) is 46.6. The molecule has 0 amide bonds. The number of hydrogen-bond donors (Lipinski definition) is 0. The van der Waals surface area contributed by atoms with Crippen LogP contribution >= 0.6 is 25.8 Å². The number of hydrogen-bond acceptors (Lipinski definition) is 10. The van der Waals surface area contributed by atoms with Crippen molar-refractivity contribution in [2.45, 2.75) is 314 Å². The topological polar surface area (TPSA) is 86.3 Å². The lowest BCUT2D eigenvalue weighted by Crippen LogP contribution is -2.34. The van der Waals surface area contributed by atoms with E-state index in [0.29, 0.717) is 19.6 Å². The number of nitrogens with zero attached hydrogens (tertiary/aromatic N) is 1. The van der Waals surface area contributed by atoms with Gasteiger partial charge in [0, 0.05) is 53.0 Å². The van der Waals surface area contributed by atoms with Crippen molar-refractivity contribution < 1.29 is 40.7 Å². The molecule has 0 aliphatic carbocycles. The Morgan fingerprint density at radius 1 is 0.204 bits per heavy atom. The van der Waals surface area contributed by atoms with Crippen molar-refractivity contribution >= 4 is 25.8 Å². The molecule has 0 spiro atoms. The van der Waals surface area contributed by atoms with Crippen LogP contribution in [0.4, 0.5) is 0 Å². The molecule has 6 aromatic rings. The van der Waals surface area contributed by atoms with Crippen LogP contribution in [0.2, 0.25) is 0 Å². The Kier molecular flexibility index (Phi) is 27.6. The predicted molar refractivity (Wildman–Crippen MR) is 442 cm³/mol. The first kappa shape index (κ1) is 87.2. The first-order valence-electron chi connectivity index (χ1n) is 37.6. The molecule has 0 aliphatic heterocycles. The van der Waals surface area contributed by atoms with E-state index < -0.39 is 25.8 Å². The average Bonchev–Trinajstić information content (AvgIpc) is 0.811. The number of benzene rings is 6. The molecular weight excluding hydrogens is 1330 g/mol. The third kappa shape index (κ3) is 25.2. The summed E-state index contributed by atoms with van der Waals surface area (Å²) in [5.41, 5.74) is 11.8. The molecule has 0 heterocycles. The highest BCUT2D eigenvalue weighted by Crippen LogP contribution is 2.53. The van der Waals surface area contributed by atoms with Gasteiger partial charge in [-0.25, -0.2) is 0 Å². The van der Waals surface area contributed by atoms with Gasteiger partial charge in [-0.2, -0.15) is 0 Å². The highest BCUT2D eigenvalue weighted by atomic mass is 31.2. The van der Waals surface area contributed by atoms with Crippen molar-refractivity contribution in [3.8, 4) is 34.5 Å². The molecule has 0 atom stereocenters. The molecule has 0 radical (unpaired) electrons. The fraction of sp³-hybridized carbons (Fsp3) is 0.600. The second-order valence-corrected chi connectivity index (χ2v) is 44.0. The summed E-state index contributed by atoms with van der Waals surface area (Å²) in [5, 5.41) is 0. The van der Waals surface area contributed by atoms with Crippen LogP contribution in [0, 0.1) is 0 Å². The highest BCUT2D eigenvalue weighted by molar-refractivity contribution is 7.43. The van der Waals surface area contributed by atoms with Gasteiger partial charge in [0.05, 0.1) is 19.8 Å². The van der Waals surface area contributed by atoms with Crippen molar-refractivity contribution in [2.75, 3.05) is 39.5 Å². The zero-order chi connectivity index (χ0) is 78.0. The van der Waals surface area contributed by atoms with Crippen LogP contribution < -0.4 is 27.1 Å².